The molecule has 2 aliphatic rings. The molecule has 82 heavy (non-hydrogen) atoms. The average molecular weight is 1180 g/mol. The van der Waals surface area contributed by atoms with E-state index >= 15 is 0 Å². The van der Waals surface area contributed by atoms with E-state index in [-0.39, 0.29) is 56.9 Å². The molecule has 31 heteroatoms. The minimum atomic E-state index is -2.01. The first-order chi connectivity index (χ1) is 38.4. The molecule has 0 radical (unpaired) electrons. The number of ketones is 1. The number of nitrogens with zero attached hydrogens (tertiary/aromatic N) is 2. The first kappa shape index (κ1) is 68.5. The van der Waals surface area contributed by atoms with Crippen LogP contribution in [-0.4, -0.2) is 211 Å². The number of benzene rings is 1. The number of hydrazine groups is 1. The molecule has 12 unspecified atom stereocenters. The Morgan fingerprint density at radius 2 is 1.13 bits per heavy atom. The number of aliphatic hydroxyl groups excluding tert-OH is 1. The lowest BCUT2D eigenvalue weighted by atomic mass is 10.0. The summed E-state index contributed by atoms with van der Waals surface area (Å²) in [6.07, 6.45) is -2.87. The topological polar surface area (TPSA) is 461 Å². The van der Waals surface area contributed by atoms with Gasteiger partial charge in [-0.05, 0) is 70.4 Å². The number of fused-ring (bicyclic) bond motifs is 1. The van der Waals surface area contributed by atoms with Crippen LogP contribution in [0.4, 0.5) is 0 Å². The Kier molecular flexibility index (Phi) is 27.2. The Balaban J connectivity index is 1.73. The van der Waals surface area contributed by atoms with Crippen LogP contribution in [-0.2, 0) is 73.5 Å². The van der Waals surface area contributed by atoms with Gasteiger partial charge in [0.2, 0.25) is 53.2 Å². The number of hydrogen-bond donors (Lipinski definition) is 14. The summed E-state index contributed by atoms with van der Waals surface area (Å²) < 4.78 is 0. The first-order valence-electron chi connectivity index (χ1n) is 26.3. The van der Waals surface area contributed by atoms with E-state index in [9.17, 15) is 87.5 Å². The van der Waals surface area contributed by atoms with Gasteiger partial charge < -0.3 is 74.0 Å². The molecule has 1 aromatic rings. The normalized spacial score (nSPS) is 18.5. The predicted molar refractivity (Wildman–Crippen MR) is 290 cm³/mol. The molecule has 15 N–H and O–H groups in total. The molecule has 2 saturated heterocycles. The van der Waals surface area contributed by atoms with E-state index in [0.717, 1.165) is 11.9 Å². The average Bonchev–Trinajstić information content (AvgIpc) is 3.94. The lowest BCUT2D eigenvalue weighted by molar-refractivity contribution is -0.147. The Hall–Kier alpha value is -7.77. The summed E-state index contributed by atoms with van der Waals surface area (Å²) in [6, 6.07) is -7.74. The SMILES string of the molecule is CSCCC(N)C(=O)NC(C(=O)NC1CN2CCC(C(=O)NC(CC(=O)O)C(=O)NC(C)C(=O)NC(CC(C)C)C(=O)NC(CC(=O)O)C(=O)NC(CC(=O)O)C(=O)NC(Cc3ccccc3)C(=O)NC(C)CC(C)=O)N2C1=O)C(C)O. The van der Waals surface area contributed by atoms with Crippen molar-refractivity contribution in [3.05, 3.63) is 35.9 Å². The molecule has 0 spiro atoms. The molecule has 454 valence electrons. The molecule has 0 aliphatic carbocycles. The Morgan fingerprint density at radius 1 is 0.634 bits per heavy atom. The van der Waals surface area contributed by atoms with Crippen molar-refractivity contribution in [2.45, 2.75) is 165 Å². The largest absolute Gasteiger partial charge is 0.481 e. The second-order valence-electron chi connectivity index (χ2n) is 20.5. The molecule has 0 saturated carbocycles. The standard InChI is InChI=1S/C51H76N12O18S/c1-24(2)17-31(46(76)57-35(22-40(70)71)48(78)58-34(21-39(68)69)47(77)56-32(19-29-11-9-8-10-12-29)44(74)53-25(3)18-26(4)64)55-42(72)27(5)54-45(75)33(20-38(66)67)59-49(79)37-13-15-62-23-36(51(81)63(37)62)60-50(80)41(28(6)65)61-43(73)30(52)14-16-82-7/h8-12,24-25,27-28,30-37,41,65H,13-23,52H2,1-7H3,(H,53,74)(H,54,75)(H,55,72)(H,56,77)(H,57,76)(H,58,78)(H,59,79)(H,60,80)(H,61,73)(H,66,67)(H,68,69)(H,70,71). The van der Waals surface area contributed by atoms with Crippen molar-refractivity contribution in [3.8, 4) is 0 Å². The van der Waals surface area contributed by atoms with Crippen LogP contribution in [0.1, 0.15) is 92.1 Å². The minimum absolute atomic E-state index is 0.00516. The highest BCUT2D eigenvalue weighted by Gasteiger charge is 2.50. The van der Waals surface area contributed by atoms with Crippen LogP contribution in [0.3, 0.4) is 0 Å². The summed E-state index contributed by atoms with van der Waals surface area (Å²) in [5, 5.41) is 63.2. The first-order valence-corrected chi connectivity index (χ1v) is 27.7. The van der Waals surface area contributed by atoms with Crippen LogP contribution in [0.2, 0.25) is 0 Å². The number of nitrogens with two attached hydrogens (primary N) is 1. The number of thioether (sulfide) groups is 1. The van der Waals surface area contributed by atoms with Gasteiger partial charge in [-0.1, -0.05) is 44.2 Å². The molecule has 10 amide bonds. The van der Waals surface area contributed by atoms with Crippen LogP contribution in [0.5, 0.6) is 0 Å². The number of rotatable bonds is 34. The summed E-state index contributed by atoms with van der Waals surface area (Å²) in [7, 11) is 0. The summed E-state index contributed by atoms with van der Waals surface area (Å²) in [5.74, 6) is -14.9. The predicted octanol–water partition coefficient (Wildman–Crippen LogP) is -4.63. The van der Waals surface area contributed by atoms with Gasteiger partial charge in [0.05, 0.1) is 31.4 Å². The number of nitrogens with one attached hydrogen (secondary N) is 9. The summed E-state index contributed by atoms with van der Waals surface area (Å²) in [4.78, 5) is 183. The van der Waals surface area contributed by atoms with Gasteiger partial charge in [0, 0.05) is 32.0 Å². The zero-order valence-corrected chi connectivity index (χ0v) is 47.4. The molecular formula is C51H76N12O18S. The second-order valence-corrected chi connectivity index (χ2v) is 21.5. The number of carboxylic acid groups (broad SMARTS) is 3. The van der Waals surface area contributed by atoms with Crippen LogP contribution in [0, 0.1) is 5.92 Å². The van der Waals surface area contributed by atoms with Crippen LogP contribution >= 0.6 is 11.8 Å². The summed E-state index contributed by atoms with van der Waals surface area (Å²) >= 11 is 1.45. The van der Waals surface area contributed by atoms with Gasteiger partial charge in [0.25, 0.3) is 5.91 Å². The van der Waals surface area contributed by atoms with Crippen molar-refractivity contribution >= 4 is 94.5 Å². The molecule has 1 aromatic carbocycles. The number of carbonyl (C=O) groups excluding carboxylic acids is 11. The van der Waals surface area contributed by atoms with E-state index in [4.69, 9.17) is 5.73 Å². The van der Waals surface area contributed by atoms with Crippen LogP contribution in [0.25, 0.3) is 0 Å². The second kappa shape index (κ2) is 32.6. The van der Waals surface area contributed by atoms with Gasteiger partial charge in [0.15, 0.2) is 0 Å². The number of amides is 10. The molecule has 2 aliphatic heterocycles. The number of carboxylic acids is 3. The van der Waals surface area contributed by atoms with Gasteiger partial charge in [-0.15, -0.1) is 0 Å². The third-order valence-electron chi connectivity index (χ3n) is 12.9. The van der Waals surface area contributed by atoms with Crippen LogP contribution < -0.4 is 53.6 Å². The molecular weight excluding hydrogens is 1100 g/mol. The molecule has 2 fully saturated rings. The highest BCUT2D eigenvalue weighted by Crippen LogP contribution is 2.26. The number of Topliss-reactive ketones (excluding diaryl/α,β-unsaturated/α-hetero) is 1. The van der Waals surface area contributed by atoms with Gasteiger partial charge in [-0.2, -0.15) is 11.8 Å². The minimum Gasteiger partial charge on any atom is -0.481 e. The maximum atomic E-state index is 13.9. The van der Waals surface area contributed by atoms with E-state index < -0.39 is 169 Å². The van der Waals surface area contributed by atoms with E-state index in [2.05, 4.69) is 47.9 Å². The van der Waals surface area contributed by atoms with Crippen molar-refractivity contribution in [1.82, 2.24) is 57.9 Å². The fourth-order valence-corrected chi connectivity index (χ4v) is 9.26. The van der Waals surface area contributed by atoms with E-state index in [1.165, 1.54) is 30.6 Å². The third-order valence-corrected chi connectivity index (χ3v) is 13.5. The smallest absolute Gasteiger partial charge is 0.305 e. The lowest BCUT2D eigenvalue weighted by Crippen LogP contribution is -2.60. The molecule has 12 atom stereocenters. The maximum absolute atomic E-state index is 13.9. The Bertz CT molecular complexity index is 2520. The van der Waals surface area contributed by atoms with Crippen molar-refractivity contribution in [3.63, 3.8) is 0 Å². The van der Waals surface area contributed by atoms with E-state index in [0.29, 0.717) is 11.3 Å². The zero-order chi connectivity index (χ0) is 61.7. The van der Waals surface area contributed by atoms with Crippen molar-refractivity contribution < 1.29 is 87.5 Å². The van der Waals surface area contributed by atoms with E-state index in [1.807, 2.05) is 6.26 Å². The molecule has 0 bridgehead atoms. The summed E-state index contributed by atoms with van der Waals surface area (Å²) in [5.41, 5.74) is 6.47. The monoisotopic (exact) mass is 1180 g/mol. The van der Waals surface area contributed by atoms with Gasteiger partial charge >= 0.3 is 17.9 Å². The summed E-state index contributed by atoms with van der Waals surface area (Å²) in [6.45, 7) is 8.50. The number of hydrogen-bond acceptors (Lipinski definition) is 18. The Labute approximate surface area is 476 Å². The number of carbonyl (C=O) groups is 14. The Morgan fingerprint density at radius 3 is 1.65 bits per heavy atom. The van der Waals surface area contributed by atoms with Gasteiger partial charge in [-0.25, -0.2) is 5.01 Å². The lowest BCUT2D eigenvalue weighted by Gasteiger charge is -2.28. The number of aliphatic hydroxyl groups is 1. The van der Waals surface area contributed by atoms with Crippen molar-refractivity contribution in [2.24, 2.45) is 11.7 Å². The molecule has 2 heterocycles. The van der Waals surface area contributed by atoms with Crippen molar-refractivity contribution in [2.75, 3.05) is 25.1 Å². The van der Waals surface area contributed by atoms with Gasteiger partial charge in [-0.3, -0.25) is 72.1 Å². The molecule has 3 rings (SSSR count). The van der Waals surface area contributed by atoms with Gasteiger partial charge in [0.1, 0.15) is 60.2 Å². The van der Waals surface area contributed by atoms with E-state index in [1.54, 1.807) is 51.1 Å². The fourth-order valence-electron chi connectivity index (χ4n) is 8.77. The zero-order valence-electron chi connectivity index (χ0n) is 46.6. The highest BCUT2D eigenvalue weighted by atomic mass is 32.2. The van der Waals surface area contributed by atoms with Crippen molar-refractivity contribution in [1.29, 1.82) is 0 Å². The molecule has 0 aromatic heterocycles. The fraction of sp³-hybridized carbons (Fsp3) is 0.608. The highest BCUT2D eigenvalue weighted by molar-refractivity contribution is 7.98. The quantitative estimate of drug-likeness (QED) is 0.0309. The number of aliphatic carboxylic acids is 3. The van der Waals surface area contributed by atoms with Crippen LogP contribution in [0.15, 0.2) is 30.3 Å². The third kappa shape index (κ3) is 21.9. The molecule has 30 nitrogen and oxygen atoms in total. The maximum Gasteiger partial charge on any atom is 0.305 e.